The fourth-order valence-corrected chi connectivity index (χ4v) is 2.64. The van der Waals surface area contributed by atoms with E-state index in [0.717, 1.165) is 11.3 Å². The quantitative estimate of drug-likeness (QED) is 0.882. The van der Waals surface area contributed by atoms with Crippen LogP contribution in [0.4, 0.5) is 5.82 Å². The van der Waals surface area contributed by atoms with E-state index in [1.807, 2.05) is 25.7 Å². The number of aromatic nitrogens is 2. The smallest absolute Gasteiger partial charge is 0.306 e. The summed E-state index contributed by atoms with van der Waals surface area (Å²) in [4.78, 5) is 13.1. The summed E-state index contributed by atoms with van der Waals surface area (Å²) in [7, 11) is 0. The summed E-state index contributed by atoms with van der Waals surface area (Å²) >= 11 is 0. The third-order valence-electron chi connectivity index (χ3n) is 4.05. The largest absolute Gasteiger partial charge is 0.481 e. The van der Waals surface area contributed by atoms with Gasteiger partial charge in [0.25, 0.3) is 0 Å². The Morgan fingerprint density at radius 3 is 2.70 bits per heavy atom. The number of piperidine rings is 1. The van der Waals surface area contributed by atoms with Gasteiger partial charge in [-0.1, -0.05) is 0 Å². The minimum absolute atomic E-state index is 0.0355. The molecule has 1 aromatic heterocycles. The first-order valence-corrected chi connectivity index (χ1v) is 6.69. The minimum Gasteiger partial charge on any atom is -0.481 e. The maximum Gasteiger partial charge on any atom is 0.306 e. The minimum atomic E-state index is -0.747. The van der Waals surface area contributed by atoms with E-state index in [-0.39, 0.29) is 12.0 Å². The number of carboxylic acid groups (broad SMARTS) is 1. The lowest BCUT2D eigenvalue weighted by atomic mass is 9.91. The molecule has 2 atom stereocenters. The highest BCUT2D eigenvalue weighted by molar-refractivity contribution is 5.70. The predicted octanol–water partition coefficient (Wildman–Crippen LogP) is 1.65. The molecular formula is C14H18N4O2. The molecular weight excluding hydrogens is 256 g/mol. The molecule has 2 heterocycles. The molecule has 0 amide bonds. The molecule has 6 nitrogen and oxygen atoms in total. The fourth-order valence-electron chi connectivity index (χ4n) is 2.64. The zero-order chi connectivity index (χ0) is 14.9. The Labute approximate surface area is 118 Å². The van der Waals surface area contributed by atoms with Gasteiger partial charge in [-0.25, -0.2) is 0 Å². The molecule has 0 bridgehead atoms. The Kier molecular flexibility index (Phi) is 3.89. The second-order valence-corrected chi connectivity index (χ2v) is 5.32. The summed E-state index contributed by atoms with van der Waals surface area (Å²) in [5, 5.41) is 26.7. The average Bonchev–Trinajstić information content (AvgIpc) is 2.41. The van der Waals surface area contributed by atoms with Crippen molar-refractivity contribution in [1.29, 1.82) is 5.26 Å². The molecule has 1 aliphatic heterocycles. The van der Waals surface area contributed by atoms with Crippen molar-refractivity contribution in [3.8, 4) is 6.07 Å². The number of carbonyl (C=O) groups is 1. The maximum absolute atomic E-state index is 11.1. The molecule has 1 saturated heterocycles. The van der Waals surface area contributed by atoms with Crippen LogP contribution >= 0.6 is 0 Å². The van der Waals surface area contributed by atoms with Gasteiger partial charge in [0, 0.05) is 12.6 Å². The van der Waals surface area contributed by atoms with Crippen molar-refractivity contribution in [1.82, 2.24) is 10.2 Å². The highest BCUT2D eigenvalue weighted by Crippen LogP contribution is 2.30. The summed E-state index contributed by atoms with van der Waals surface area (Å²) in [6.07, 6.45) is 1.13. The van der Waals surface area contributed by atoms with E-state index in [9.17, 15) is 10.1 Å². The van der Waals surface area contributed by atoms with E-state index in [0.29, 0.717) is 30.8 Å². The van der Waals surface area contributed by atoms with Crippen LogP contribution in [0, 0.1) is 31.1 Å². The van der Waals surface area contributed by atoms with Crippen molar-refractivity contribution in [2.45, 2.75) is 39.7 Å². The van der Waals surface area contributed by atoms with Gasteiger partial charge < -0.3 is 10.0 Å². The molecule has 1 fully saturated rings. The normalized spacial score (nSPS) is 22.4. The Morgan fingerprint density at radius 2 is 2.15 bits per heavy atom. The molecule has 0 aliphatic carbocycles. The number of nitrogens with zero attached hydrogens (tertiary/aromatic N) is 4. The topological polar surface area (TPSA) is 90.1 Å². The monoisotopic (exact) mass is 274 g/mol. The lowest BCUT2D eigenvalue weighted by molar-refractivity contribution is -0.142. The average molecular weight is 274 g/mol. The van der Waals surface area contributed by atoms with Crippen LogP contribution in [0.2, 0.25) is 0 Å². The summed E-state index contributed by atoms with van der Waals surface area (Å²) in [5.74, 6) is -0.485. The first-order chi connectivity index (χ1) is 9.45. The van der Waals surface area contributed by atoms with E-state index in [4.69, 9.17) is 5.11 Å². The number of carboxylic acids is 1. The van der Waals surface area contributed by atoms with Gasteiger partial charge in [-0.05, 0) is 39.2 Å². The SMILES string of the molecule is Cc1nnc(N2CCC(C(=O)O)CC2C)c(C#N)c1C. The van der Waals surface area contributed by atoms with E-state index >= 15 is 0 Å². The van der Waals surface area contributed by atoms with Gasteiger partial charge in [-0.3, -0.25) is 4.79 Å². The molecule has 1 aliphatic rings. The van der Waals surface area contributed by atoms with E-state index in [1.54, 1.807) is 0 Å². The number of anilines is 1. The number of aliphatic carboxylic acids is 1. The number of hydrogen-bond donors (Lipinski definition) is 1. The van der Waals surface area contributed by atoms with Gasteiger partial charge in [0.05, 0.1) is 11.6 Å². The standard InChI is InChI=1S/C14H18N4O2/c1-8-6-11(14(19)20)4-5-18(8)13-12(7-15)9(2)10(3)16-17-13/h8,11H,4-6H2,1-3H3,(H,19,20). The Morgan fingerprint density at radius 1 is 1.45 bits per heavy atom. The van der Waals surface area contributed by atoms with Crippen molar-refractivity contribution in [3.05, 3.63) is 16.8 Å². The predicted molar refractivity (Wildman–Crippen MR) is 73.4 cm³/mol. The number of hydrogen-bond acceptors (Lipinski definition) is 5. The number of nitriles is 1. The fraction of sp³-hybridized carbons (Fsp3) is 0.571. The summed E-state index contributed by atoms with van der Waals surface area (Å²) in [6, 6.07) is 2.23. The molecule has 1 aromatic rings. The van der Waals surface area contributed by atoms with Crippen LogP contribution in [-0.2, 0) is 4.79 Å². The van der Waals surface area contributed by atoms with Crippen LogP contribution in [0.5, 0.6) is 0 Å². The zero-order valence-electron chi connectivity index (χ0n) is 11.9. The number of aryl methyl sites for hydroxylation is 1. The van der Waals surface area contributed by atoms with E-state index < -0.39 is 5.97 Å². The van der Waals surface area contributed by atoms with Crippen LogP contribution in [0.25, 0.3) is 0 Å². The Bertz CT molecular complexity index is 579. The molecule has 2 unspecified atom stereocenters. The molecule has 0 saturated carbocycles. The van der Waals surface area contributed by atoms with Crippen LogP contribution < -0.4 is 4.90 Å². The number of rotatable bonds is 2. The molecule has 20 heavy (non-hydrogen) atoms. The highest BCUT2D eigenvalue weighted by Gasteiger charge is 2.32. The second-order valence-electron chi connectivity index (χ2n) is 5.32. The summed E-state index contributed by atoms with van der Waals surface area (Å²) < 4.78 is 0. The first-order valence-electron chi connectivity index (χ1n) is 6.69. The third-order valence-corrected chi connectivity index (χ3v) is 4.05. The van der Waals surface area contributed by atoms with Gasteiger partial charge >= 0.3 is 5.97 Å². The molecule has 0 radical (unpaired) electrons. The van der Waals surface area contributed by atoms with Gasteiger partial charge in [0.1, 0.15) is 11.6 Å². The van der Waals surface area contributed by atoms with Crippen LogP contribution in [0.3, 0.4) is 0 Å². The highest BCUT2D eigenvalue weighted by atomic mass is 16.4. The molecule has 2 rings (SSSR count). The molecule has 1 N–H and O–H groups in total. The van der Waals surface area contributed by atoms with Crippen molar-refractivity contribution < 1.29 is 9.90 Å². The van der Waals surface area contributed by atoms with Gasteiger partial charge in [0.15, 0.2) is 5.82 Å². The van der Waals surface area contributed by atoms with Crippen molar-refractivity contribution in [3.63, 3.8) is 0 Å². The van der Waals surface area contributed by atoms with E-state index in [2.05, 4.69) is 16.3 Å². The first kappa shape index (κ1) is 14.3. The maximum atomic E-state index is 11.1. The second kappa shape index (κ2) is 5.45. The molecule has 0 spiro atoms. The van der Waals surface area contributed by atoms with Crippen LogP contribution in [0.15, 0.2) is 0 Å². The van der Waals surface area contributed by atoms with Gasteiger partial charge in [-0.2, -0.15) is 10.4 Å². The van der Waals surface area contributed by atoms with E-state index in [1.165, 1.54) is 0 Å². The third kappa shape index (κ3) is 2.44. The van der Waals surface area contributed by atoms with Crippen molar-refractivity contribution in [2.24, 2.45) is 5.92 Å². The Balaban J connectivity index is 2.32. The lowest BCUT2D eigenvalue weighted by Gasteiger charge is -2.37. The van der Waals surface area contributed by atoms with Gasteiger partial charge in [-0.15, -0.1) is 5.10 Å². The summed E-state index contributed by atoms with van der Waals surface area (Å²) in [6.45, 7) is 6.24. The zero-order valence-corrected chi connectivity index (χ0v) is 11.9. The van der Waals surface area contributed by atoms with Crippen LogP contribution in [0.1, 0.15) is 36.6 Å². The van der Waals surface area contributed by atoms with Crippen molar-refractivity contribution >= 4 is 11.8 Å². The molecule has 6 heteroatoms. The lowest BCUT2D eigenvalue weighted by Crippen LogP contribution is -2.43. The van der Waals surface area contributed by atoms with Crippen LogP contribution in [-0.4, -0.2) is 33.9 Å². The Hall–Kier alpha value is -2.16. The summed E-state index contributed by atoms with van der Waals surface area (Å²) in [5.41, 5.74) is 2.13. The van der Waals surface area contributed by atoms with Crippen molar-refractivity contribution in [2.75, 3.05) is 11.4 Å². The molecule has 0 aromatic carbocycles. The molecule has 106 valence electrons. The van der Waals surface area contributed by atoms with Gasteiger partial charge in [0.2, 0.25) is 0 Å².